The third-order valence-corrected chi connectivity index (χ3v) is 5.47. The predicted octanol–water partition coefficient (Wildman–Crippen LogP) is 2.53. The summed E-state index contributed by atoms with van der Waals surface area (Å²) in [5, 5.41) is 11.0. The largest absolute Gasteiger partial charge is 0.340 e. The number of rotatable bonds is 4. The van der Waals surface area contributed by atoms with Gasteiger partial charge in [-0.15, -0.1) is 5.10 Å². The van der Waals surface area contributed by atoms with E-state index < -0.39 is 0 Å². The maximum absolute atomic E-state index is 4.83. The Bertz CT molecular complexity index is 459. The molecular weight excluding hydrogens is 262 g/mol. The van der Waals surface area contributed by atoms with Crippen LogP contribution in [0.5, 0.6) is 0 Å². The molecule has 2 heterocycles. The van der Waals surface area contributed by atoms with Crippen molar-refractivity contribution in [3.05, 3.63) is 5.82 Å². The first-order valence-corrected chi connectivity index (χ1v) is 8.42. The highest BCUT2D eigenvalue weighted by molar-refractivity contribution is 5.30. The highest BCUT2D eigenvalue weighted by Gasteiger charge is 2.37. The summed E-state index contributed by atoms with van der Waals surface area (Å²) in [6.45, 7) is 8.00. The second kappa shape index (κ2) is 5.95. The van der Waals surface area contributed by atoms with Crippen molar-refractivity contribution in [3.8, 4) is 0 Å². The lowest BCUT2D eigenvalue weighted by Crippen LogP contribution is -2.37. The average Bonchev–Trinajstić information content (AvgIpc) is 3.06. The lowest BCUT2D eigenvalue weighted by Gasteiger charge is -2.31. The Morgan fingerprint density at radius 1 is 1.29 bits per heavy atom. The minimum Gasteiger partial charge on any atom is -0.340 e. The second-order valence-electron chi connectivity index (χ2n) is 7.44. The first-order valence-electron chi connectivity index (χ1n) is 8.42. The predicted molar refractivity (Wildman–Crippen MR) is 85.6 cm³/mol. The van der Waals surface area contributed by atoms with E-state index in [0.29, 0.717) is 11.3 Å². The van der Waals surface area contributed by atoms with Crippen LogP contribution in [0.4, 0.5) is 5.95 Å². The number of aromatic nitrogens is 3. The van der Waals surface area contributed by atoms with E-state index in [4.69, 9.17) is 4.98 Å². The summed E-state index contributed by atoms with van der Waals surface area (Å²) in [5.74, 6) is 3.36. The highest BCUT2D eigenvalue weighted by Crippen LogP contribution is 2.47. The van der Waals surface area contributed by atoms with Crippen LogP contribution in [-0.4, -0.2) is 41.9 Å². The van der Waals surface area contributed by atoms with E-state index in [0.717, 1.165) is 37.3 Å². The highest BCUT2D eigenvalue weighted by atomic mass is 15.4. The maximum Gasteiger partial charge on any atom is 0.244 e. The number of H-pyrrole nitrogens is 1. The zero-order chi connectivity index (χ0) is 14.9. The standard InChI is InChI=1S/C16H29N5/c1-16(2)8-4-5-13(16)14-18-15(20-19-14)21-9-6-12(7-10-21)11-17-3/h12-13,17H,4-11H2,1-3H3,(H,18,19,20). The molecule has 0 spiro atoms. The molecule has 5 heteroatoms. The minimum atomic E-state index is 0.358. The molecule has 0 radical (unpaired) electrons. The SMILES string of the molecule is CNCC1CCN(c2n[nH]c(C3CCCC3(C)C)n2)CC1. The summed E-state index contributed by atoms with van der Waals surface area (Å²) in [6.07, 6.45) is 6.32. The molecule has 1 saturated heterocycles. The molecule has 1 aromatic rings. The monoisotopic (exact) mass is 291 g/mol. The Morgan fingerprint density at radius 3 is 2.67 bits per heavy atom. The zero-order valence-electron chi connectivity index (χ0n) is 13.7. The molecule has 3 rings (SSSR count). The Morgan fingerprint density at radius 2 is 2.05 bits per heavy atom. The topological polar surface area (TPSA) is 56.8 Å². The van der Waals surface area contributed by atoms with Crippen molar-refractivity contribution in [3.63, 3.8) is 0 Å². The Labute approximate surface area is 127 Å². The molecule has 2 N–H and O–H groups in total. The van der Waals surface area contributed by atoms with E-state index in [-0.39, 0.29) is 0 Å². The van der Waals surface area contributed by atoms with Crippen LogP contribution in [0.15, 0.2) is 0 Å². The van der Waals surface area contributed by atoms with E-state index in [1.807, 2.05) is 7.05 Å². The molecule has 1 aliphatic carbocycles. The van der Waals surface area contributed by atoms with Gasteiger partial charge in [0.1, 0.15) is 5.82 Å². The molecule has 1 atom stereocenters. The quantitative estimate of drug-likeness (QED) is 0.895. The number of anilines is 1. The summed E-state index contributed by atoms with van der Waals surface area (Å²) in [7, 11) is 2.04. The van der Waals surface area contributed by atoms with Gasteiger partial charge in [0.2, 0.25) is 5.95 Å². The van der Waals surface area contributed by atoms with Crippen LogP contribution in [0.25, 0.3) is 0 Å². The van der Waals surface area contributed by atoms with Crippen molar-refractivity contribution in [1.29, 1.82) is 0 Å². The summed E-state index contributed by atoms with van der Waals surface area (Å²) < 4.78 is 0. The molecule has 0 amide bonds. The van der Waals surface area contributed by atoms with Gasteiger partial charge in [-0.05, 0) is 50.6 Å². The number of nitrogens with zero attached hydrogens (tertiary/aromatic N) is 3. The number of piperidine rings is 1. The lowest BCUT2D eigenvalue weighted by atomic mass is 9.81. The van der Waals surface area contributed by atoms with Gasteiger partial charge in [-0.3, -0.25) is 5.10 Å². The molecule has 1 aliphatic heterocycles. The molecule has 21 heavy (non-hydrogen) atoms. The van der Waals surface area contributed by atoms with Crippen LogP contribution in [0, 0.1) is 11.3 Å². The first-order chi connectivity index (χ1) is 10.1. The van der Waals surface area contributed by atoms with E-state index >= 15 is 0 Å². The van der Waals surface area contributed by atoms with Crippen LogP contribution in [0.1, 0.15) is 57.7 Å². The smallest absolute Gasteiger partial charge is 0.244 e. The van der Waals surface area contributed by atoms with E-state index in [2.05, 4.69) is 34.3 Å². The van der Waals surface area contributed by atoms with Crippen molar-refractivity contribution < 1.29 is 0 Å². The summed E-state index contributed by atoms with van der Waals surface area (Å²) in [6, 6.07) is 0. The normalized spacial score (nSPS) is 26.4. The first kappa shape index (κ1) is 14.8. The van der Waals surface area contributed by atoms with Crippen molar-refractivity contribution in [1.82, 2.24) is 20.5 Å². The maximum atomic E-state index is 4.83. The summed E-state index contributed by atoms with van der Waals surface area (Å²) >= 11 is 0. The summed E-state index contributed by atoms with van der Waals surface area (Å²) in [5.41, 5.74) is 0.358. The molecule has 5 nitrogen and oxygen atoms in total. The van der Waals surface area contributed by atoms with Crippen LogP contribution < -0.4 is 10.2 Å². The van der Waals surface area contributed by atoms with Crippen LogP contribution in [0.3, 0.4) is 0 Å². The fraction of sp³-hybridized carbons (Fsp3) is 0.875. The lowest BCUT2D eigenvalue weighted by molar-refractivity contribution is 0.322. The van der Waals surface area contributed by atoms with E-state index in [1.54, 1.807) is 0 Å². The molecule has 2 aliphatic rings. The number of nitrogens with one attached hydrogen (secondary N) is 2. The molecule has 118 valence electrons. The van der Waals surface area contributed by atoms with Gasteiger partial charge < -0.3 is 10.2 Å². The second-order valence-corrected chi connectivity index (χ2v) is 7.44. The van der Waals surface area contributed by atoms with Gasteiger partial charge in [0.25, 0.3) is 0 Å². The van der Waals surface area contributed by atoms with E-state index in [1.165, 1.54) is 32.1 Å². The number of aromatic amines is 1. The van der Waals surface area contributed by atoms with Crippen LogP contribution in [0.2, 0.25) is 0 Å². The van der Waals surface area contributed by atoms with Gasteiger partial charge in [-0.1, -0.05) is 20.3 Å². The number of hydrogen-bond acceptors (Lipinski definition) is 4. The van der Waals surface area contributed by atoms with Gasteiger partial charge >= 0.3 is 0 Å². The Kier molecular flexibility index (Phi) is 4.20. The van der Waals surface area contributed by atoms with Crippen molar-refractivity contribution >= 4 is 5.95 Å². The third-order valence-electron chi connectivity index (χ3n) is 5.47. The zero-order valence-corrected chi connectivity index (χ0v) is 13.7. The fourth-order valence-electron chi connectivity index (χ4n) is 4.02. The molecule has 0 bridgehead atoms. The van der Waals surface area contributed by atoms with Gasteiger partial charge in [0.05, 0.1) is 0 Å². The molecule has 1 unspecified atom stereocenters. The minimum absolute atomic E-state index is 0.358. The van der Waals surface area contributed by atoms with Crippen LogP contribution >= 0.6 is 0 Å². The van der Waals surface area contributed by atoms with Gasteiger partial charge in [0, 0.05) is 19.0 Å². The van der Waals surface area contributed by atoms with Crippen molar-refractivity contribution in [2.24, 2.45) is 11.3 Å². The Hall–Kier alpha value is -1.10. The van der Waals surface area contributed by atoms with E-state index in [9.17, 15) is 0 Å². The molecule has 2 fully saturated rings. The number of hydrogen-bond donors (Lipinski definition) is 2. The fourth-order valence-corrected chi connectivity index (χ4v) is 4.02. The van der Waals surface area contributed by atoms with Gasteiger partial charge in [-0.25, -0.2) is 0 Å². The third kappa shape index (κ3) is 3.07. The van der Waals surface area contributed by atoms with Crippen molar-refractivity contribution in [2.45, 2.75) is 51.9 Å². The summed E-state index contributed by atoms with van der Waals surface area (Å²) in [4.78, 5) is 7.17. The van der Waals surface area contributed by atoms with Gasteiger partial charge in [-0.2, -0.15) is 4.98 Å². The van der Waals surface area contributed by atoms with Crippen molar-refractivity contribution in [2.75, 3.05) is 31.6 Å². The molecule has 1 saturated carbocycles. The molecule has 1 aromatic heterocycles. The molecular formula is C16H29N5. The molecule has 0 aromatic carbocycles. The average molecular weight is 291 g/mol. The van der Waals surface area contributed by atoms with Gasteiger partial charge in [0.15, 0.2) is 0 Å². The van der Waals surface area contributed by atoms with Crippen LogP contribution in [-0.2, 0) is 0 Å². The Balaban J connectivity index is 1.63.